The summed E-state index contributed by atoms with van der Waals surface area (Å²) in [6, 6.07) is 13.5. The van der Waals surface area contributed by atoms with Crippen LogP contribution >= 0.6 is 0 Å². The van der Waals surface area contributed by atoms with Gasteiger partial charge in [0.25, 0.3) is 0 Å². The number of anilines is 1. The predicted octanol–water partition coefficient (Wildman–Crippen LogP) is 4.21. The average Bonchev–Trinajstić information content (AvgIpc) is 2.61. The number of hydrogen-bond donors (Lipinski definition) is 1. The molecule has 24 heavy (non-hydrogen) atoms. The molecule has 0 heterocycles. The van der Waals surface area contributed by atoms with Gasteiger partial charge in [0.05, 0.1) is 0 Å². The Morgan fingerprint density at radius 3 is 2.21 bits per heavy atom. The van der Waals surface area contributed by atoms with Crippen molar-refractivity contribution in [3.63, 3.8) is 0 Å². The highest BCUT2D eigenvalue weighted by Gasteiger charge is 2.21. The third-order valence-corrected chi connectivity index (χ3v) is 4.08. The fourth-order valence-corrected chi connectivity index (χ4v) is 2.67. The van der Waals surface area contributed by atoms with Gasteiger partial charge in [-0.05, 0) is 24.3 Å². The van der Waals surface area contributed by atoms with E-state index < -0.39 is 11.8 Å². The predicted molar refractivity (Wildman–Crippen MR) is 99.0 cm³/mol. The fraction of sp³-hybridized carbons (Fsp3) is 0.400. The number of unbranched alkanes of at least 4 members (excludes halogenated alkanes) is 2. The zero-order valence-electron chi connectivity index (χ0n) is 14.5. The summed E-state index contributed by atoms with van der Waals surface area (Å²) in [6.45, 7) is 5.44. The van der Waals surface area contributed by atoms with Gasteiger partial charge in [-0.15, -0.1) is 0 Å². The van der Waals surface area contributed by atoms with E-state index in [9.17, 15) is 9.59 Å². The molecule has 0 fully saturated rings. The summed E-state index contributed by atoms with van der Waals surface area (Å²) in [5, 5.41) is 4.77. The lowest BCUT2D eigenvalue weighted by atomic mass is 10.1. The highest BCUT2D eigenvalue weighted by atomic mass is 16.2. The molecule has 0 unspecified atom stereocenters. The Morgan fingerprint density at radius 1 is 0.917 bits per heavy atom. The van der Waals surface area contributed by atoms with E-state index >= 15 is 0 Å². The molecule has 4 nitrogen and oxygen atoms in total. The Labute approximate surface area is 143 Å². The Bertz CT molecular complexity index is 684. The average molecular weight is 326 g/mol. The Balaban J connectivity index is 2.12. The number of rotatable bonds is 7. The zero-order chi connectivity index (χ0) is 17.4. The van der Waals surface area contributed by atoms with Gasteiger partial charge in [-0.3, -0.25) is 9.59 Å². The molecule has 0 aliphatic carbocycles. The van der Waals surface area contributed by atoms with Crippen LogP contribution in [0.25, 0.3) is 10.8 Å². The summed E-state index contributed by atoms with van der Waals surface area (Å²) in [5.74, 6) is -0.997. The number of amides is 2. The Kier molecular flexibility index (Phi) is 6.79. The van der Waals surface area contributed by atoms with Crippen molar-refractivity contribution in [2.45, 2.75) is 39.5 Å². The van der Waals surface area contributed by atoms with Crippen LogP contribution in [0.2, 0.25) is 0 Å². The Hall–Kier alpha value is -2.36. The van der Waals surface area contributed by atoms with Crippen LogP contribution < -0.4 is 5.32 Å². The highest BCUT2D eigenvalue weighted by Crippen LogP contribution is 2.22. The van der Waals surface area contributed by atoms with E-state index in [1.165, 1.54) is 0 Å². The van der Waals surface area contributed by atoms with E-state index in [4.69, 9.17) is 0 Å². The Morgan fingerprint density at radius 2 is 1.54 bits per heavy atom. The second-order valence-electron chi connectivity index (χ2n) is 5.98. The second-order valence-corrected chi connectivity index (χ2v) is 5.98. The molecule has 2 amide bonds. The van der Waals surface area contributed by atoms with Crippen molar-refractivity contribution in [1.82, 2.24) is 4.90 Å². The van der Waals surface area contributed by atoms with Gasteiger partial charge in [-0.1, -0.05) is 63.1 Å². The zero-order valence-corrected chi connectivity index (χ0v) is 14.5. The molecule has 1 N–H and O–H groups in total. The number of benzene rings is 2. The summed E-state index contributed by atoms with van der Waals surface area (Å²) in [6.07, 6.45) is 3.83. The molecular formula is C20H26N2O2. The van der Waals surface area contributed by atoms with Crippen LogP contribution in [0.3, 0.4) is 0 Å². The van der Waals surface area contributed by atoms with Gasteiger partial charge >= 0.3 is 11.8 Å². The van der Waals surface area contributed by atoms with Crippen molar-refractivity contribution in [1.29, 1.82) is 0 Å². The molecule has 0 aliphatic rings. The van der Waals surface area contributed by atoms with Gasteiger partial charge in [0.15, 0.2) is 0 Å². The summed E-state index contributed by atoms with van der Waals surface area (Å²) in [5.41, 5.74) is 0.678. The van der Waals surface area contributed by atoms with Gasteiger partial charge in [0.2, 0.25) is 0 Å². The number of carbonyl (C=O) groups excluding carboxylic acids is 2. The number of nitrogens with zero attached hydrogens (tertiary/aromatic N) is 1. The first kappa shape index (κ1) is 18.0. The van der Waals surface area contributed by atoms with E-state index in [-0.39, 0.29) is 0 Å². The topological polar surface area (TPSA) is 49.4 Å². The van der Waals surface area contributed by atoms with Crippen LogP contribution in [-0.2, 0) is 9.59 Å². The molecule has 128 valence electrons. The lowest BCUT2D eigenvalue weighted by molar-refractivity contribution is -0.143. The van der Waals surface area contributed by atoms with Crippen LogP contribution in [0.5, 0.6) is 0 Å². The lowest BCUT2D eigenvalue weighted by Gasteiger charge is -2.22. The minimum absolute atomic E-state index is 0.440. The summed E-state index contributed by atoms with van der Waals surface area (Å²) < 4.78 is 0. The molecule has 2 rings (SSSR count). The molecule has 0 aliphatic heterocycles. The van der Waals surface area contributed by atoms with E-state index in [0.717, 1.165) is 36.5 Å². The van der Waals surface area contributed by atoms with Gasteiger partial charge < -0.3 is 10.2 Å². The minimum Gasteiger partial charge on any atom is -0.334 e. The standard InChI is InChI=1S/C20H26N2O2/c1-3-5-14-22(15-6-4-2)20(24)19(23)21-18-13-9-11-16-10-7-8-12-17(16)18/h7-13H,3-6,14-15H2,1-2H3,(H,21,23). The van der Waals surface area contributed by atoms with Gasteiger partial charge in [-0.25, -0.2) is 0 Å². The third kappa shape index (κ3) is 4.57. The van der Waals surface area contributed by atoms with Gasteiger partial charge in [0, 0.05) is 24.2 Å². The quantitative estimate of drug-likeness (QED) is 0.775. The monoisotopic (exact) mass is 326 g/mol. The molecule has 0 spiro atoms. The number of hydrogen-bond acceptors (Lipinski definition) is 2. The first-order chi connectivity index (χ1) is 11.7. The van der Waals surface area contributed by atoms with Crippen LogP contribution in [0.1, 0.15) is 39.5 Å². The summed E-state index contributed by atoms with van der Waals surface area (Å²) in [7, 11) is 0. The lowest BCUT2D eigenvalue weighted by Crippen LogP contribution is -2.40. The van der Waals surface area contributed by atoms with E-state index in [1.807, 2.05) is 42.5 Å². The van der Waals surface area contributed by atoms with Crippen LogP contribution in [0.4, 0.5) is 5.69 Å². The number of carbonyl (C=O) groups is 2. The van der Waals surface area contributed by atoms with E-state index in [1.54, 1.807) is 4.90 Å². The van der Waals surface area contributed by atoms with Gasteiger partial charge in [0.1, 0.15) is 0 Å². The molecule has 4 heteroatoms. The van der Waals surface area contributed by atoms with Crippen molar-refractivity contribution in [3.8, 4) is 0 Å². The molecule has 0 radical (unpaired) electrons. The molecule has 0 atom stereocenters. The van der Waals surface area contributed by atoms with Crippen molar-refractivity contribution in [2.75, 3.05) is 18.4 Å². The normalized spacial score (nSPS) is 10.6. The van der Waals surface area contributed by atoms with Gasteiger partial charge in [-0.2, -0.15) is 0 Å². The van der Waals surface area contributed by atoms with E-state index in [0.29, 0.717) is 18.8 Å². The maximum absolute atomic E-state index is 12.5. The largest absolute Gasteiger partial charge is 0.334 e. The SMILES string of the molecule is CCCCN(CCCC)C(=O)C(=O)Nc1cccc2ccccc12. The molecule has 0 saturated carbocycles. The van der Waals surface area contributed by atoms with Crippen LogP contribution in [0, 0.1) is 0 Å². The highest BCUT2D eigenvalue weighted by molar-refractivity contribution is 6.40. The van der Waals surface area contributed by atoms with E-state index in [2.05, 4.69) is 19.2 Å². The smallest absolute Gasteiger partial charge is 0.313 e. The van der Waals surface area contributed by atoms with Crippen LogP contribution in [0.15, 0.2) is 42.5 Å². The van der Waals surface area contributed by atoms with Crippen molar-refractivity contribution in [2.24, 2.45) is 0 Å². The first-order valence-corrected chi connectivity index (χ1v) is 8.75. The third-order valence-electron chi connectivity index (χ3n) is 4.08. The fourth-order valence-electron chi connectivity index (χ4n) is 2.67. The summed E-state index contributed by atoms with van der Waals surface area (Å²) in [4.78, 5) is 26.6. The van der Waals surface area contributed by atoms with Crippen molar-refractivity contribution < 1.29 is 9.59 Å². The second kappa shape index (κ2) is 9.06. The molecule has 0 bridgehead atoms. The number of nitrogens with one attached hydrogen (secondary N) is 1. The van der Waals surface area contributed by atoms with Crippen LogP contribution in [-0.4, -0.2) is 29.8 Å². The molecule has 2 aromatic rings. The maximum atomic E-state index is 12.5. The first-order valence-electron chi connectivity index (χ1n) is 8.75. The molecule has 0 saturated heterocycles. The molecule has 2 aromatic carbocycles. The molecular weight excluding hydrogens is 300 g/mol. The number of fused-ring (bicyclic) bond motifs is 1. The minimum atomic E-state index is -0.557. The maximum Gasteiger partial charge on any atom is 0.313 e. The summed E-state index contributed by atoms with van der Waals surface area (Å²) >= 11 is 0. The van der Waals surface area contributed by atoms with Crippen molar-refractivity contribution in [3.05, 3.63) is 42.5 Å². The van der Waals surface area contributed by atoms with Crippen molar-refractivity contribution >= 4 is 28.3 Å². The molecule has 0 aromatic heterocycles.